The van der Waals surface area contributed by atoms with Gasteiger partial charge in [0.2, 0.25) is 0 Å². The van der Waals surface area contributed by atoms with Crippen molar-refractivity contribution in [3.05, 3.63) is 59.4 Å². The monoisotopic (exact) mass is 517 g/mol. The van der Waals surface area contributed by atoms with E-state index in [4.69, 9.17) is 9.26 Å². The number of nitrogens with zero attached hydrogens (tertiary/aromatic N) is 3. The fourth-order valence-electron chi connectivity index (χ4n) is 5.55. The third-order valence-electron chi connectivity index (χ3n) is 7.29. The van der Waals surface area contributed by atoms with Crippen LogP contribution in [-0.2, 0) is 15.7 Å². The zero-order valence-corrected chi connectivity index (χ0v) is 19.7. The van der Waals surface area contributed by atoms with Gasteiger partial charge in [0.15, 0.2) is 5.82 Å². The van der Waals surface area contributed by atoms with Crippen LogP contribution in [-0.4, -0.2) is 51.4 Å². The highest BCUT2D eigenvalue weighted by Gasteiger charge is 2.50. The van der Waals surface area contributed by atoms with Crippen LogP contribution in [0.5, 0.6) is 0 Å². The van der Waals surface area contributed by atoms with Crippen LogP contribution in [0.3, 0.4) is 0 Å². The molecule has 1 saturated heterocycles. The summed E-state index contributed by atoms with van der Waals surface area (Å²) in [5, 5.41) is 13.5. The van der Waals surface area contributed by atoms with E-state index in [1.165, 1.54) is 6.07 Å². The molecule has 3 aliphatic rings. The number of carboxylic acids is 1. The lowest BCUT2D eigenvalue weighted by molar-refractivity contribution is -0.150. The number of benzene rings is 1. The number of alkyl halides is 3. The maximum Gasteiger partial charge on any atom is 0.426 e. The number of rotatable bonds is 5. The standard InChI is InChI=1S/C25H22F3N3O4S/c26-25(27,28)21-17(13-4-2-1-3-5-13)10-19(36-21)23-29-22(30-35-23)16-6-7-18-15(8-9-34-18)20(16)31-11-14(12-31)24(32)33/h1-5,8-10,14-16,18,20H,6-7,11-12H2,(H,32,33). The number of fused-ring (bicyclic) bond motifs is 1. The van der Waals surface area contributed by atoms with Gasteiger partial charge in [0.1, 0.15) is 11.0 Å². The van der Waals surface area contributed by atoms with Gasteiger partial charge < -0.3 is 14.4 Å². The van der Waals surface area contributed by atoms with Gasteiger partial charge in [0.05, 0.1) is 17.1 Å². The number of carboxylic acid groups (broad SMARTS) is 1. The molecule has 0 radical (unpaired) electrons. The van der Waals surface area contributed by atoms with Gasteiger partial charge in [-0.25, -0.2) is 0 Å². The average Bonchev–Trinajstić information content (AvgIpc) is 3.56. The summed E-state index contributed by atoms with van der Waals surface area (Å²) in [7, 11) is 0. The molecule has 0 amide bonds. The van der Waals surface area contributed by atoms with Crippen LogP contribution in [0, 0.1) is 11.8 Å². The van der Waals surface area contributed by atoms with Crippen molar-refractivity contribution < 1.29 is 32.3 Å². The van der Waals surface area contributed by atoms with Crippen molar-refractivity contribution in [2.45, 2.75) is 37.1 Å². The molecular formula is C25H22F3N3O4S. The van der Waals surface area contributed by atoms with Crippen LogP contribution >= 0.6 is 11.3 Å². The summed E-state index contributed by atoms with van der Waals surface area (Å²) >= 11 is 0.588. The second-order valence-electron chi connectivity index (χ2n) is 9.42. The minimum absolute atomic E-state index is 0.0153. The number of hydrogen-bond donors (Lipinski definition) is 1. The summed E-state index contributed by atoms with van der Waals surface area (Å²) in [4.78, 5) is 17.6. The Labute approximate surface area is 208 Å². The molecule has 1 aromatic carbocycles. The Morgan fingerprint density at radius 2 is 1.94 bits per heavy atom. The second-order valence-corrected chi connectivity index (χ2v) is 10.5. The highest BCUT2D eigenvalue weighted by molar-refractivity contribution is 7.16. The summed E-state index contributed by atoms with van der Waals surface area (Å²) in [5.74, 6) is -0.849. The van der Waals surface area contributed by atoms with Crippen LogP contribution in [0.1, 0.15) is 29.5 Å². The van der Waals surface area contributed by atoms with E-state index in [9.17, 15) is 23.1 Å². The highest BCUT2D eigenvalue weighted by atomic mass is 32.1. The van der Waals surface area contributed by atoms with Gasteiger partial charge in [-0.3, -0.25) is 9.69 Å². The summed E-state index contributed by atoms with van der Waals surface area (Å²) < 4.78 is 52.7. The van der Waals surface area contributed by atoms with E-state index < -0.39 is 22.9 Å². The van der Waals surface area contributed by atoms with E-state index in [2.05, 4.69) is 15.0 Å². The molecule has 4 unspecified atom stereocenters. The lowest BCUT2D eigenvalue weighted by Gasteiger charge is -2.49. The molecule has 188 valence electrons. The molecule has 1 saturated carbocycles. The number of thiophene rings is 1. The maximum atomic E-state index is 13.8. The quantitative estimate of drug-likeness (QED) is 0.493. The SMILES string of the molecule is O=C(O)C1CN(C2C(c3noc(-c4cc(-c5ccccc5)c(C(F)(F)F)s4)n3)CCC3OC=CC32)C1. The molecule has 2 aliphatic heterocycles. The molecule has 4 heterocycles. The molecule has 6 rings (SSSR count). The van der Waals surface area contributed by atoms with E-state index in [1.807, 2.05) is 6.08 Å². The van der Waals surface area contributed by atoms with Gasteiger partial charge >= 0.3 is 12.1 Å². The number of aliphatic carboxylic acids is 1. The van der Waals surface area contributed by atoms with Crippen LogP contribution in [0.2, 0.25) is 0 Å². The third-order valence-corrected chi connectivity index (χ3v) is 8.46. The molecular weight excluding hydrogens is 495 g/mol. The lowest BCUT2D eigenvalue weighted by atomic mass is 9.73. The Morgan fingerprint density at radius 3 is 2.67 bits per heavy atom. The van der Waals surface area contributed by atoms with Gasteiger partial charge in [-0.15, -0.1) is 11.3 Å². The van der Waals surface area contributed by atoms with E-state index in [1.54, 1.807) is 36.6 Å². The van der Waals surface area contributed by atoms with Gasteiger partial charge in [-0.1, -0.05) is 35.5 Å². The summed E-state index contributed by atoms with van der Waals surface area (Å²) in [6.45, 7) is 0.858. The van der Waals surface area contributed by atoms with E-state index in [0.29, 0.717) is 42.2 Å². The number of carbonyl (C=O) groups is 1. The first-order valence-corrected chi connectivity index (χ1v) is 12.5. The molecule has 11 heteroatoms. The fraction of sp³-hybridized carbons (Fsp3) is 0.400. The zero-order chi connectivity index (χ0) is 25.0. The first-order valence-electron chi connectivity index (χ1n) is 11.7. The van der Waals surface area contributed by atoms with Crippen molar-refractivity contribution in [1.29, 1.82) is 0 Å². The minimum atomic E-state index is -4.52. The highest BCUT2D eigenvalue weighted by Crippen LogP contribution is 2.47. The number of likely N-dealkylation sites (tertiary alicyclic amines) is 1. The predicted molar refractivity (Wildman–Crippen MR) is 124 cm³/mol. The molecule has 0 spiro atoms. The normalized spacial score (nSPS) is 26.4. The molecule has 3 aromatic rings. The van der Waals surface area contributed by atoms with Gasteiger partial charge in [0.25, 0.3) is 5.89 Å². The lowest BCUT2D eigenvalue weighted by Crippen LogP contribution is -2.60. The number of hydrogen-bond acceptors (Lipinski definition) is 7. The summed E-state index contributed by atoms with van der Waals surface area (Å²) in [6, 6.07) is 9.80. The Balaban J connectivity index is 1.32. The van der Waals surface area contributed by atoms with Crippen molar-refractivity contribution in [3.8, 4) is 21.9 Å². The molecule has 1 aliphatic carbocycles. The molecule has 0 bridgehead atoms. The van der Waals surface area contributed by atoms with Crippen molar-refractivity contribution in [1.82, 2.24) is 15.0 Å². The Hall–Kier alpha value is -3.18. The van der Waals surface area contributed by atoms with Gasteiger partial charge in [0, 0.05) is 36.5 Å². The first kappa shape index (κ1) is 23.2. The second kappa shape index (κ2) is 8.74. The summed E-state index contributed by atoms with van der Waals surface area (Å²) in [6.07, 6.45) is 0.658. The molecule has 1 N–H and O–H groups in total. The molecule has 36 heavy (non-hydrogen) atoms. The van der Waals surface area contributed by atoms with Crippen LogP contribution in [0.4, 0.5) is 13.2 Å². The Kier molecular flexibility index (Phi) is 5.64. The smallest absolute Gasteiger partial charge is 0.426 e. The van der Waals surface area contributed by atoms with E-state index in [-0.39, 0.29) is 40.3 Å². The van der Waals surface area contributed by atoms with E-state index in [0.717, 1.165) is 6.42 Å². The number of ether oxygens (including phenoxy) is 1. The third kappa shape index (κ3) is 4.00. The molecule has 2 aromatic heterocycles. The Morgan fingerprint density at radius 1 is 1.17 bits per heavy atom. The van der Waals surface area contributed by atoms with Crippen molar-refractivity contribution >= 4 is 17.3 Å². The summed E-state index contributed by atoms with van der Waals surface area (Å²) in [5.41, 5.74) is 0.541. The van der Waals surface area contributed by atoms with Crippen LogP contribution in [0.25, 0.3) is 21.9 Å². The van der Waals surface area contributed by atoms with Crippen LogP contribution in [0.15, 0.2) is 53.3 Å². The number of aromatic nitrogens is 2. The van der Waals surface area contributed by atoms with Crippen molar-refractivity contribution in [2.75, 3.05) is 13.1 Å². The fourth-order valence-corrected chi connectivity index (χ4v) is 6.51. The molecule has 4 atom stereocenters. The number of halogens is 3. The predicted octanol–water partition coefficient (Wildman–Crippen LogP) is 5.28. The zero-order valence-electron chi connectivity index (χ0n) is 18.9. The largest absolute Gasteiger partial charge is 0.498 e. The molecule has 2 fully saturated rings. The van der Waals surface area contributed by atoms with Gasteiger partial charge in [-0.05, 0) is 30.5 Å². The minimum Gasteiger partial charge on any atom is -0.498 e. The molecule has 7 nitrogen and oxygen atoms in total. The van der Waals surface area contributed by atoms with Crippen LogP contribution < -0.4 is 0 Å². The van der Waals surface area contributed by atoms with E-state index >= 15 is 0 Å². The topological polar surface area (TPSA) is 88.7 Å². The average molecular weight is 518 g/mol. The first-order chi connectivity index (χ1) is 17.3. The van der Waals surface area contributed by atoms with Crippen molar-refractivity contribution in [2.24, 2.45) is 11.8 Å². The van der Waals surface area contributed by atoms with Gasteiger partial charge in [-0.2, -0.15) is 18.2 Å². The Bertz CT molecular complexity index is 1300. The maximum absolute atomic E-state index is 13.8. The van der Waals surface area contributed by atoms with Crippen molar-refractivity contribution in [3.63, 3.8) is 0 Å².